The first-order valence-electron chi connectivity index (χ1n) is 15.5. The maximum absolute atomic E-state index is 13.5. The molecule has 0 saturated carbocycles. The minimum Gasteiger partial charge on any atom is -0.571 e. The summed E-state index contributed by atoms with van der Waals surface area (Å²) in [6, 6.07) is 8.90. The average molecular weight is 647 g/mol. The van der Waals surface area contributed by atoms with E-state index in [4.69, 9.17) is 4.98 Å². The van der Waals surface area contributed by atoms with E-state index in [0.29, 0.717) is 19.5 Å². The zero-order valence-electron chi connectivity index (χ0n) is 25.4. The van der Waals surface area contributed by atoms with Crippen molar-refractivity contribution >= 4 is 55.3 Å². The number of carbonyl (C=O) groups is 2. The molecule has 2 N–H and O–H groups in total. The van der Waals surface area contributed by atoms with E-state index in [1.807, 2.05) is 0 Å². The van der Waals surface area contributed by atoms with Gasteiger partial charge in [-0.1, -0.05) is 11.3 Å². The molecule has 2 fully saturated rings. The van der Waals surface area contributed by atoms with Crippen LogP contribution in [0.5, 0.6) is 0 Å². The summed E-state index contributed by atoms with van der Waals surface area (Å²) >= 11 is 1.74. The summed E-state index contributed by atoms with van der Waals surface area (Å²) in [7, 11) is 0. The van der Waals surface area contributed by atoms with Crippen molar-refractivity contribution in [2.75, 3.05) is 80.6 Å². The van der Waals surface area contributed by atoms with Gasteiger partial charge in [0.15, 0.2) is 10.8 Å². The Morgan fingerprint density at radius 1 is 1.00 bits per heavy atom. The largest absolute Gasteiger partial charge is 0.571 e. The number of benzene rings is 2. The molecule has 240 valence electrons. The molecule has 0 bridgehead atoms. The molecule has 46 heavy (non-hydrogen) atoms. The highest BCUT2D eigenvalue weighted by atomic mass is 32.1. The number of carbonyl (C=O) groups excluding carboxylic acids is 2. The van der Waals surface area contributed by atoms with E-state index in [-0.39, 0.29) is 45.4 Å². The van der Waals surface area contributed by atoms with Crippen molar-refractivity contribution in [3.63, 3.8) is 0 Å². The van der Waals surface area contributed by atoms with Crippen LogP contribution >= 0.6 is 11.3 Å². The summed E-state index contributed by atoms with van der Waals surface area (Å²) in [5.41, 5.74) is 1.59. The van der Waals surface area contributed by atoms with Gasteiger partial charge in [0.05, 0.1) is 21.7 Å². The van der Waals surface area contributed by atoms with Crippen LogP contribution < -0.4 is 25.4 Å². The van der Waals surface area contributed by atoms with E-state index in [1.165, 1.54) is 21.1 Å². The molecule has 7 rings (SSSR count). The van der Waals surface area contributed by atoms with Crippen LogP contribution in [0.1, 0.15) is 45.4 Å². The van der Waals surface area contributed by atoms with Gasteiger partial charge >= 0.3 is 0 Å². The first kappa shape index (κ1) is 30.0. The first-order valence-corrected chi connectivity index (χ1v) is 16.3. The minimum absolute atomic E-state index is 0.0217. The van der Waals surface area contributed by atoms with Crippen molar-refractivity contribution in [3.8, 4) is 0 Å². The molecule has 0 radical (unpaired) electrons. The number of nitro benzene ring substituents is 1. The lowest BCUT2D eigenvalue weighted by atomic mass is 9.89. The van der Waals surface area contributed by atoms with Crippen LogP contribution in [0, 0.1) is 15.3 Å². The maximum atomic E-state index is 13.5. The van der Waals surface area contributed by atoms with Crippen LogP contribution in [-0.4, -0.2) is 102 Å². The van der Waals surface area contributed by atoms with Gasteiger partial charge in [-0.25, -0.2) is 4.98 Å². The van der Waals surface area contributed by atoms with Crippen molar-refractivity contribution in [2.24, 2.45) is 0 Å². The molecule has 2 saturated heterocycles. The summed E-state index contributed by atoms with van der Waals surface area (Å²) in [5, 5.41) is 35.5. The smallest absolute Gasteiger partial charge is 0.293 e. The molecule has 15 nitrogen and oxygen atoms in total. The summed E-state index contributed by atoms with van der Waals surface area (Å²) in [6.45, 7) is 10.4. The second-order valence-corrected chi connectivity index (χ2v) is 12.6. The SMILES string of the molecule is CCNc1cc2c(cc1[N+](=O)[O-])C(=O)c1n[n+]([O-])n(CCCN3CCN(c4ccc5nc(N6CCNCC6)sc5c4)CC3)c1C2=O. The molecule has 2 aromatic carbocycles. The van der Waals surface area contributed by atoms with E-state index >= 15 is 0 Å². The van der Waals surface area contributed by atoms with E-state index in [0.717, 1.165) is 69.1 Å². The monoisotopic (exact) mass is 646 g/mol. The van der Waals surface area contributed by atoms with Crippen molar-refractivity contribution in [3.05, 3.63) is 68.2 Å². The number of hydrogen-bond donors (Lipinski definition) is 2. The van der Waals surface area contributed by atoms with E-state index in [9.17, 15) is 24.9 Å². The fourth-order valence-electron chi connectivity index (χ4n) is 6.43. The molecule has 0 atom stereocenters. The van der Waals surface area contributed by atoms with Crippen molar-refractivity contribution in [1.82, 2.24) is 25.0 Å². The third-order valence-electron chi connectivity index (χ3n) is 8.82. The second kappa shape index (κ2) is 12.3. The Morgan fingerprint density at radius 2 is 1.76 bits per heavy atom. The van der Waals surface area contributed by atoms with E-state index in [2.05, 4.69) is 48.6 Å². The van der Waals surface area contributed by atoms with Gasteiger partial charge in [-0.2, -0.15) is 0 Å². The summed E-state index contributed by atoms with van der Waals surface area (Å²) in [6.07, 6.45) is 0.573. The Balaban J connectivity index is 0.986. The zero-order chi connectivity index (χ0) is 31.9. The number of thiazole rings is 1. The Hall–Kier alpha value is -4.67. The Morgan fingerprint density at radius 3 is 2.50 bits per heavy atom. The van der Waals surface area contributed by atoms with E-state index < -0.39 is 16.5 Å². The van der Waals surface area contributed by atoms with Gasteiger partial charge in [-0.05, 0) is 37.6 Å². The third-order valence-corrected chi connectivity index (χ3v) is 9.90. The van der Waals surface area contributed by atoms with E-state index in [1.54, 1.807) is 18.3 Å². The quantitative estimate of drug-likeness (QED) is 0.103. The highest BCUT2D eigenvalue weighted by molar-refractivity contribution is 7.22. The lowest BCUT2D eigenvalue weighted by molar-refractivity contribution is -0.749. The molecule has 16 heteroatoms. The summed E-state index contributed by atoms with van der Waals surface area (Å²) in [4.78, 5) is 49.9. The fourth-order valence-corrected chi connectivity index (χ4v) is 7.49. The molecule has 0 spiro atoms. The number of nitrogens with zero attached hydrogens (tertiary/aromatic N) is 8. The lowest BCUT2D eigenvalue weighted by Crippen LogP contribution is -2.47. The summed E-state index contributed by atoms with van der Waals surface area (Å²) < 4.78 is 2.39. The first-order chi connectivity index (χ1) is 22.3. The number of nitrogens with one attached hydrogen (secondary N) is 2. The molecule has 1 aliphatic carbocycles. The molecule has 4 heterocycles. The van der Waals surface area contributed by atoms with Gasteiger partial charge in [0, 0.05) is 98.4 Å². The number of rotatable bonds is 9. The minimum atomic E-state index is -0.674. The second-order valence-electron chi connectivity index (χ2n) is 11.6. The van der Waals surface area contributed by atoms with Crippen LogP contribution in [0.2, 0.25) is 0 Å². The Kier molecular flexibility index (Phi) is 8.00. The molecular formula is C30H34N10O5S. The van der Waals surface area contributed by atoms with Crippen LogP contribution in [0.3, 0.4) is 0 Å². The molecule has 2 aliphatic heterocycles. The van der Waals surface area contributed by atoms with Crippen LogP contribution in [0.25, 0.3) is 10.2 Å². The number of aromatic nitrogens is 4. The highest BCUT2D eigenvalue weighted by Crippen LogP contribution is 2.35. The number of anilines is 3. The lowest BCUT2D eigenvalue weighted by Gasteiger charge is -2.36. The van der Waals surface area contributed by atoms with Gasteiger partial charge in [0.25, 0.3) is 5.69 Å². The zero-order valence-corrected chi connectivity index (χ0v) is 26.2. The average Bonchev–Trinajstić information content (AvgIpc) is 3.65. The summed E-state index contributed by atoms with van der Waals surface area (Å²) in [5.74, 6) is -1.22. The topological polar surface area (TPSA) is 169 Å². The molecular weight excluding hydrogens is 612 g/mol. The van der Waals surface area contributed by atoms with Gasteiger partial charge in [0.2, 0.25) is 17.3 Å². The normalized spacial score (nSPS) is 17.0. The van der Waals surface area contributed by atoms with Gasteiger partial charge in [-0.15, -0.1) is 4.68 Å². The third kappa shape index (κ3) is 5.41. The van der Waals surface area contributed by atoms with Gasteiger partial charge < -0.3 is 25.6 Å². The highest BCUT2D eigenvalue weighted by Gasteiger charge is 2.41. The number of ketones is 2. The molecule has 0 unspecified atom stereocenters. The van der Waals surface area contributed by atoms with Crippen LogP contribution in [0.15, 0.2) is 30.3 Å². The number of hydrogen-bond acceptors (Lipinski definition) is 13. The number of piperazine rings is 2. The standard InChI is InChI=1S/C30H34N10O5S/c1-2-32-23-17-20-21(18-24(23)39(43)44)28(41)26-27(29(20)42)38(40(45)34-26)9-3-8-35-12-14-36(15-13-35)19-4-5-22-25(16-19)46-30(33-22)37-10-6-31-7-11-37/h4-5,16-18,31-32H,2-3,6-15H2,1H3. The number of fused-ring (bicyclic) bond motifs is 3. The van der Waals surface area contributed by atoms with Crippen LogP contribution in [-0.2, 0) is 6.54 Å². The molecule has 2 aromatic heterocycles. The predicted molar refractivity (Wildman–Crippen MR) is 173 cm³/mol. The molecule has 3 aliphatic rings. The predicted octanol–water partition coefficient (Wildman–Crippen LogP) is 1.86. The van der Waals surface area contributed by atoms with Crippen molar-refractivity contribution in [1.29, 1.82) is 0 Å². The molecule has 0 amide bonds. The van der Waals surface area contributed by atoms with Crippen molar-refractivity contribution < 1.29 is 19.5 Å². The Labute approximate surface area is 268 Å². The van der Waals surface area contributed by atoms with Crippen molar-refractivity contribution in [2.45, 2.75) is 19.9 Å². The Bertz CT molecular complexity index is 1840. The molecule has 4 aromatic rings. The van der Waals surface area contributed by atoms with Gasteiger partial charge in [-0.3, -0.25) is 24.6 Å². The van der Waals surface area contributed by atoms with Gasteiger partial charge in [0.1, 0.15) is 5.69 Å². The van der Waals surface area contributed by atoms with Crippen LogP contribution in [0.4, 0.5) is 22.2 Å². The number of nitro groups is 1. The maximum Gasteiger partial charge on any atom is 0.293 e. The fraction of sp³-hybridized carbons (Fsp3) is 0.433.